The molecular formula is C23H26N4O. The Morgan fingerprint density at radius 1 is 1.07 bits per heavy atom. The summed E-state index contributed by atoms with van der Waals surface area (Å²) in [5.74, 6) is 0.895. The lowest BCUT2D eigenvalue weighted by Gasteiger charge is -2.22. The first kappa shape index (κ1) is 18.3. The molecule has 0 radical (unpaired) electrons. The van der Waals surface area contributed by atoms with Gasteiger partial charge in [-0.15, -0.1) is 0 Å². The summed E-state index contributed by atoms with van der Waals surface area (Å²) in [5.41, 5.74) is 3.83. The lowest BCUT2D eigenvalue weighted by Crippen LogP contribution is -2.24. The van der Waals surface area contributed by atoms with Crippen molar-refractivity contribution in [2.45, 2.75) is 26.1 Å². The maximum atomic E-state index is 5.29. The van der Waals surface area contributed by atoms with Crippen LogP contribution in [-0.2, 0) is 19.6 Å². The molecule has 5 heteroatoms. The van der Waals surface area contributed by atoms with Gasteiger partial charge in [-0.2, -0.15) is 0 Å². The number of benzene rings is 2. The van der Waals surface area contributed by atoms with E-state index in [1.54, 1.807) is 7.11 Å². The Labute approximate surface area is 165 Å². The van der Waals surface area contributed by atoms with Gasteiger partial charge in [-0.25, -0.2) is 4.98 Å². The summed E-state index contributed by atoms with van der Waals surface area (Å²) in [6, 6.07) is 16.9. The molecular weight excluding hydrogens is 348 g/mol. The average Bonchev–Trinajstić information content (AvgIpc) is 3.39. The van der Waals surface area contributed by atoms with Crippen LogP contribution in [0.4, 0.5) is 0 Å². The first-order chi connectivity index (χ1) is 13.8. The quantitative estimate of drug-likeness (QED) is 0.470. The first-order valence-corrected chi connectivity index (χ1v) is 9.68. The number of nitrogens with one attached hydrogen (secondary N) is 1. The molecule has 1 N–H and O–H groups in total. The number of fused-ring (bicyclic) bond motifs is 1. The van der Waals surface area contributed by atoms with Crippen molar-refractivity contribution < 1.29 is 4.74 Å². The fourth-order valence-electron chi connectivity index (χ4n) is 3.60. The number of nitrogens with zero attached hydrogens (tertiary/aromatic N) is 3. The Bertz CT molecular complexity index is 989. The molecule has 0 aliphatic carbocycles. The Balaban J connectivity index is 1.47. The second-order valence-electron chi connectivity index (χ2n) is 7.07. The smallest absolute Gasteiger partial charge is 0.118 e. The van der Waals surface area contributed by atoms with E-state index < -0.39 is 0 Å². The minimum absolute atomic E-state index is 0.895. The van der Waals surface area contributed by atoms with E-state index >= 15 is 0 Å². The lowest BCUT2D eigenvalue weighted by molar-refractivity contribution is 0.249. The monoisotopic (exact) mass is 374 g/mol. The maximum absolute atomic E-state index is 5.29. The highest BCUT2D eigenvalue weighted by atomic mass is 16.5. The highest BCUT2D eigenvalue weighted by Gasteiger charge is 2.11. The van der Waals surface area contributed by atoms with Crippen LogP contribution in [0.1, 0.15) is 17.5 Å². The number of ether oxygens (including phenoxy) is 1. The normalized spacial score (nSPS) is 11.4. The summed E-state index contributed by atoms with van der Waals surface area (Å²) < 4.78 is 7.42. The average molecular weight is 374 g/mol. The molecule has 2 aromatic carbocycles. The minimum Gasteiger partial charge on any atom is -0.497 e. The molecule has 5 nitrogen and oxygen atoms in total. The molecule has 0 saturated heterocycles. The van der Waals surface area contributed by atoms with E-state index in [0.717, 1.165) is 38.3 Å². The van der Waals surface area contributed by atoms with Gasteiger partial charge in [0.2, 0.25) is 0 Å². The lowest BCUT2D eigenvalue weighted by atomic mass is 10.1. The molecule has 0 aliphatic rings. The van der Waals surface area contributed by atoms with E-state index in [9.17, 15) is 0 Å². The number of methoxy groups -OCH3 is 1. The summed E-state index contributed by atoms with van der Waals surface area (Å²) in [4.78, 5) is 10.0. The number of hydrogen-bond donors (Lipinski definition) is 1. The van der Waals surface area contributed by atoms with Crippen LogP contribution in [0.15, 0.2) is 73.4 Å². The van der Waals surface area contributed by atoms with Gasteiger partial charge < -0.3 is 14.3 Å². The molecule has 4 aromatic rings. The third-order valence-corrected chi connectivity index (χ3v) is 5.08. The molecule has 0 fully saturated rings. The van der Waals surface area contributed by atoms with Crippen molar-refractivity contribution in [3.63, 3.8) is 0 Å². The minimum atomic E-state index is 0.895. The summed E-state index contributed by atoms with van der Waals surface area (Å²) in [7, 11) is 1.70. The first-order valence-electron chi connectivity index (χ1n) is 9.68. The van der Waals surface area contributed by atoms with Crippen molar-refractivity contribution in [1.82, 2.24) is 19.4 Å². The van der Waals surface area contributed by atoms with Gasteiger partial charge in [-0.05, 0) is 35.7 Å². The largest absolute Gasteiger partial charge is 0.497 e. The van der Waals surface area contributed by atoms with Crippen LogP contribution in [0.3, 0.4) is 0 Å². The van der Waals surface area contributed by atoms with Crippen LogP contribution in [0, 0.1) is 0 Å². The number of aromatic amines is 1. The van der Waals surface area contributed by atoms with Crippen LogP contribution in [0.25, 0.3) is 10.9 Å². The Morgan fingerprint density at radius 3 is 2.71 bits per heavy atom. The van der Waals surface area contributed by atoms with Crippen LogP contribution < -0.4 is 4.74 Å². The van der Waals surface area contributed by atoms with Crippen LogP contribution in [0.5, 0.6) is 5.75 Å². The molecule has 2 heterocycles. The Hall–Kier alpha value is -3.05. The molecule has 0 bridgehead atoms. The molecule has 2 aromatic heterocycles. The van der Waals surface area contributed by atoms with E-state index in [1.165, 1.54) is 22.0 Å². The zero-order chi connectivity index (χ0) is 19.2. The Kier molecular flexibility index (Phi) is 5.73. The van der Waals surface area contributed by atoms with Gasteiger partial charge in [0.15, 0.2) is 0 Å². The Morgan fingerprint density at radius 2 is 1.93 bits per heavy atom. The van der Waals surface area contributed by atoms with Gasteiger partial charge >= 0.3 is 0 Å². The topological polar surface area (TPSA) is 46.1 Å². The van der Waals surface area contributed by atoms with Crippen molar-refractivity contribution in [3.8, 4) is 5.75 Å². The number of hydrogen-bond acceptors (Lipinski definition) is 3. The number of para-hydroxylation sites is 1. The zero-order valence-corrected chi connectivity index (χ0v) is 16.2. The predicted octanol–water partition coefficient (Wildman–Crippen LogP) is 4.47. The standard InChI is InChI=1S/C23H26N4O/c1-28-21-9-7-19(8-10-21)16-27(13-4-12-26-14-11-24-18-26)17-20-15-25-23-6-3-2-5-22(20)23/h2-3,5-11,14-15,18,25H,4,12-13,16-17H2,1H3. The van der Waals surface area contributed by atoms with Gasteiger partial charge in [-0.1, -0.05) is 30.3 Å². The summed E-state index contributed by atoms with van der Waals surface area (Å²) in [5, 5.41) is 1.30. The molecule has 28 heavy (non-hydrogen) atoms. The fourth-order valence-corrected chi connectivity index (χ4v) is 3.60. The van der Waals surface area contributed by atoms with Gasteiger partial charge in [-0.3, -0.25) is 4.90 Å². The number of H-pyrrole nitrogens is 1. The summed E-state index contributed by atoms with van der Waals surface area (Å²) in [6.45, 7) is 3.82. The van der Waals surface area contributed by atoms with Crippen molar-refractivity contribution in [2.24, 2.45) is 0 Å². The molecule has 144 valence electrons. The van der Waals surface area contributed by atoms with Gasteiger partial charge in [0.05, 0.1) is 13.4 Å². The van der Waals surface area contributed by atoms with Crippen LogP contribution in [-0.4, -0.2) is 33.1 Å². The van der Waals surface area contributed by atoms with Gasteiger partial charge in [0.1, 0.15) is 5.75 Å². The SMILES string of the molecule is COc1ccc(CN(CCCn2ccnc2)Cc2c[nH]c3ccccc23)cc1. The van der Waals surface area contributed by atoms with E-state index in [-0.39, 0.29) is 0 Å². The van der Waals surface area contributed by atoms with E-state index in [1.807, 2.05) is 30.9 Å². The zero-order valence-electron chi connectivity index (χ0n) is 16.2. The predicted molar refractivity (Wildman–Crippen MR) is 112 cm³/mol. The maximum Gasteiger partial charge on any atom is 0.118 e. The molecule has 0 saturated carbocycles. The molecule has 0 aliphatic heterocycles. The molecule has 0 amide bonds. The third kappa shape index (κ3) is 4.43. The van der Waals surface area contributed by atoms with E-state index in [2.05, 4.69) is 62.0 Å². The van der Waals surface area contributed by atoms with Crippen molar-refractivity contribution in [2.75, 3.05) is 13.7 Å². The number of rotatable bonds is 9. The van der Waals surface area contributed by atoms with Crippen molar-refractivity contribution in [1.29, 1.82) is 0 Å². The van der Waals surface area contributed by atoms with Crippen LogP contribution in [0.2, 0.25) is 0 Å². The number of aromatic nitrogens is 3. The second kappa shape index (κ2) is 8.76. The van der Waals surface area contributed by atoms with Crippen LogP contribution >= 0.6 is 0 Å². The summed E-state index contributed by atoms with van der Waals surface area (Å²) >= 11 is 0. The highest BCUT2D eigenvalue weighted by molar-refractivity contribution is 5.82. The number of aryl methyl sites for hydroxylation is 1. The third-order valence-electron chi connectivity index (χ3n) is 5.08. The van der Waals surface area contributed by atoms with E-state index in [4.69, 9.17) is 4.74 Å². The van der Waals surface area contributed by atoms with Crippen molar-refractivity contribution >= 4 is 10.9 Å². The molecule has 4 rings (SSSR count). The van der Waals surface area contributed by atoms with Gasteiger partial charge in [0, 0.05) is 55.7 Å². The second-order valence-corrected chi connectivity index (χ2v) is 7.07. The summed E-state index contributed by atoms with van der Waals surface area (Å²) in [6.07, 6.45) is 8.96. The van der Waals surface area contributed by atoms with Gasteiger partial charge in [0.25, 0.3) is 0 Å². The molecule has 0 spiro atoms. The fraction of sp³-hybridized carbons (Fsp3) is 0.261. The molecule has 0 unspecified atom stereocenters. The highest BCUT2D eigenvalue weighted by Crippen LogP contribution is 2.21. The number of imidazole rings is 1. The van der Waals surface area contributed by atoms with Crippen molar-refractivity contribution in [3.05, 3.63) is 84.6 Å². The van der Waals surface area contributed by atoms with E-state index in [0.29, 0.717) is 0 Å². The molecule has 0 atom stereocenters.